The van der Waals surface area contributed by atoms with Gasteiger partial charge in [0.15, 0.2) is 0 Å². The molecule has 132 valence electrons. The van der Waals surface area contributed by atoms with Crippen molar-refractivity contribution in [1.82, 2.24) is 0 Å². The Morgan fingerprint density at radius 2 is 0.909 bits per heavy atom. The molecule has 2 saturated carbocycles. The van der Waals surface area contributed by atoms with Crippen LogP contribution >= 0.6 is 0 Å². The van der Waals surface area contributed by atoms with Crippen molar-refractivity contribution in [2.45, 2.75) is 89.3 Å². The molecule has 2 aliphatic rings. The quantitative estimate of drug-likeness (QED) is 0.643. The molecule has 4 nitrogen and oxygen atoms in total. The van der Waals surface area contributed by atoms with Crippen LogP contribution in [0.5, 0.6) is 0 Å². The van der Waals surface area contributed by atoms with Crippen LogP contribution in [0.2, 0.25) is 0 Å². The van der Waals surface area contributed by atoms with Gasteiger partial charge in [-0.25, -0.2) is 0 Å². The second kappa shape index (κ2) is 9.21. The Morgan fingerprint density at radius 1 is 0.636 bits per heavy atom. The van der Waals surface area contributed by atoms with Crippen molar-refractivity contribution in [3.8, 4) is 0 Å². The molecule has 4 heteroatoms. The summed E-state index contributed by atoms with van der Waals surface area (Å²) in [5.41, 5.74) is -1.05. The van der Waals surface area contributed by atoms with Gasteiger partial charge in [0, 0.05) is 0 Å². The Balaban J connectivity index is 0.000000541. The standard InChI is InChI=1S/C16H30O2.C2H6O2/c1-13(15(17)9-5-3-6-10-15)14(2)16(18)11-7-4-8-12-16;3-1-2-4/h13-14,17-18H,3-12H2,1-2H3;3-4H,1-2H2. The van der Waals surface area contributed by atoms with E-state index in [0.29, 0.717) is 0 Å². The molecule has 2 unspecified atom stereocenters. The van der Waals surface area contributed by atoms with Gasteiger partial charge >= 0.3 is 0 Å². The largest absolute Gasteiger partial charge is 0.394 e. The van der Waals surface area contributed by atoms with Crippen LogP contribution in [0.3, 0.4) is 0 Å². The monoisotopic (exact) mass is 316 g/mol. The van der Waals surface area contributed by atoms with Crippen molar-refractivity contribution in [1.29, 1.82) is 0 Å². The molecule has 22 heavy (non-hydrogen) atoms. The number of aliphatic hydroxyl groups is 4. The fourth-order valence-electron chi connectivity index (χ4n) is 4.17. The predicted octanol–water partition coefficient (Wildman–Crippen LogP) is 2.62. The van der Waals surface area contributed by atoms with Crippen LogP contribution in [0.4, 0.5) is 0 Å². The Hall–Kier alpha value is -0.160. The van der Waals surface area contributed by atoms with Gasteiger partial charge in [-0.15, -0.1) is 0 Å². The topological polar surface area (TPSA) is 80.9 Å². The summed E-state index contributed by atoms with van der Waals surface area (Å²) in [5, 5.41) is 36.9. The van der Waals surface area contributed by atoms with Crippen LogP contribution in [-0.2, 0) is 0 Å². The third kappa shape index (κ3) is 5.19. The Labute approximate surface area is 135 Å². The number of aliphatic hydroxyl groups excluding tert-OH is 2. The van der Waals surface area contributed by atoms with Gasteiger partial charge < -0.3 is 20.4 Å². The van der Waals surface area contributed by atoms with E-state index < -0.39 is 11.2 Å². The van der Waals surface area contributed by atoms with E-state index >= 15 is 0 Å². The maximum atomic E-state index is 10.8. The molecule has 0 spiro atoms. The van der Waals surface area contributed by atoms with Crippen molar-refractivity contribution in [3.63, 3.8) is 0 Å². The first kappa shape index (κ1) is 19.9. The van der Waals surface area contributed by atoms with Crippen molar-refractivity contribution in [2.75, 3.05) is 13.2 Å². The van der Waals surface area contributed by atoms with Gasteiger partial charge in [-0.2, -0.15) is 0 Å². The summed E-state index contributed by atoms with van der Waals surface area (Å²) in [6.45, 7) is 4.06. The highest BCUT2D eigenvalue weighted by Crippen LogP contribution is 2.44. The minimum absolute atomic E-state index is 0.125. The molecule has 0 aromatic carbocycles. The fraction of sp³-hybridized carbons (Fsp3) is 1.00. The number of hydrogen-bond donors (Lipinski definition) is 4. The van der Waals surface area contributed by atoms with E-state index in [1.54, 1.807) is 0 Å². The molecule has 2 aliphatic carbocycles. The number of rotatable bonds is 4. The Kier molecular flexibility index (Phi) is 8.33. The lowest BCUT2D eigenvalue weighted by molar-refractivity contribution is -0.125. The molecule has 0 aromatic heterocycles. The van der Waals surface area contributed by atoms with Crippen LogP contribution in [0.15, 0.2) is 0 Å². The Morgan fingerprint density at radius 3 is 1.14 bits per heavy atom. The lowest BCUT2D eigenvalue weighted by Crippen LogP contribution is -2.50. The lowest BCUT2D eigenvalue weighted by Gasteiger charge is -2.47. The maximum absolute atomic E-state index is 10.8. The highest BCUT2D eigenvalue weighted by Gasteiger charge is 2.45. The third-order valence-corrected chi connectivity index (χ3v) is 5.98. The van der Waals surface area contributed by atoms with Crippen LogP contribution in [0.25, 0.3) is 0 Å². The van der Waals surface area contributed by atoms with E-state index in [0.717, 1.165) is 51.4 Å². The maximum Gasteiger partial charge on any atom is 0.0676 e. The van der Waals surface area contributed by atoms with E-state index in [9.17, 15) is 10.2 Å². The highest BCUT2D eigenvalue weighted by molar-refractivity contribution is 4.97. The van der Waals surface area contributed by atoms with Gasteiger partial charge in [-0.1, -0.05) is 52.4 Å². The summed E-state index contributed by atoms with van der Waals surface area (Å²) in [6.07, 6.45) is 10.8. The summed E-state index contributed by atoms with van der Waals surface area (Å²) < 4.78 is 0. The molecule has 0 saturated heterocycles. The molecule has 0 aromatic rings. The Bertz CT molecular complexity index is 263. The van der Waals surface area contributed by atoms with E-state index in [-0.39, 0.29) is 25.0 Å². The van der Waals surface area contributed by atoms with Crippen molar-refractivity contribution in [3.05, 3.63) is 0 Å². The minimum atomic E-state index is -0.523. The summed E-state index contributed by atoms with van der Waals surface area (Å²) in [4.78, 5) is 0. The average molecular weight is 316 g/mol. The first-order chi connectivity index (χ1) is 10.4. The molecule has 2 rings (SSSR count). The smallest absolute Gasteiger partial charge is 0.0676 e. The van der Waals surface area contributed by atoms with Crippen LogP contribution in [0, 0.1) is 11.8 Å². The highest BCUT2D eigenvalue weighted by atomic mass is 16.3. The molecule has 0 bridgehead atoms. The molecule has 0 heterocycles. The number of hydrogen-bond acceptors (Lipinski definition) is 4. The van der Waals surface area contributed by atoms with Gasteiger partial charge in [-0.05, 0) is 37.5 Å². The summed E-state index contributed by atoms with van der Waals surface area (Å²) in [5.74, 6) is 0.418. The molecular weight excluding hydrogens is 280 g/mol. The van der Waals surface area contributed by atoms with E-state index in [2.05, 4.69) is 13.8 Å². The van der Waals surface area contributed by atoms with Crippen molar-refractivity contribution in [2.24, 2.45) is 11.8 Å². The van der Waals surface area contributed by atoms with Crippen LogP contribution < -0.4 is 0 Å². The van der Waals surface area contributed by atoms with Crippen molar-refractivity contribution >= 4 is 0 Å². The van der Waals surface area contributed by atoms with E-state index in [4.69, 9.17) is 10.2 Å². The predicted molar refractivity (Wildman–Crippen MR) is 88.6 cm³/mol. The first-order valence-corrected chi connectivity index (χ1v) is 9.06. The average Bonchev–Trinajstić information content (AvgIpc) is 2.55. The van der Waals surface area contributed by atoms with Gasteiger partial charge in [-0.3, -0.25) is 0 Å². The molecule has 0 aliphatic heterocycles. The molecule has 4 N–H and O–H groups in total. The zero-order valence-corrected chi connectivity index (χ0v) is 14.4. The zero-order valence-electron chi connectivity index (χ0n) is 14.4. The third-order valence-electron chi connectivity index (χ3n) is 5.98. The van der Waals surface area contributed by atoms with Gasteiger partial charge in [0.1, 0.15) is 0 Å². The summed E-state index contributed by atoms with van der Waals surface area (Å²) in [6, 6.07) is 0. The molecule has 2 atom stereocenters. The molecule has 2 fully saturated rings. The summed E-state index contributed by atoms with van der Waals surface area (Å²) >= 11 is 0. The SMILES string of the molecule is CC(C(C)C1(O)CCCCC1)C1(O)CCCCC1.OCCO. The zero-order chi connectivity index (χ0) is 16.6. The van der Waals surface area contributed by atoms with E-state index in [1.807, 2.05) is 0 Å². The molecule has 0 amide bonds. The second-order valence-electron chi connectivity index (χ2n) is 7.35. The second-order valence-corrected chi connectivity index (χ2v) is 7.35. The van der Waals surface area contributed by atoms with Crippen molar-refractivity contribution < 1.29 is 20.4 Å². The van der Waals surface area contributed by atoms with E-state index in [1.165, 1.54) is 12.8 Å². The van der Waals surface area contributed by atoms with Gasteiger partial charge in [0.2, 0.25) is 0 Å². The normalized spacial score (nSPS) is 26.5. The first-order valence-electron chi connectivity index (χ1n) is 9.06. The lowest BCUT2D eigenvalue weighted by atomic mass is 9.64. The molecule has 0 radical (unpaired) electrons. The van der Waals surface area contributed by atoms with Gasteiger partial charge in [0.05, 0.1) is 24.4 Å². The van der Waals surface area contributed by atoms with Crippen LogP contribution in [-0.4, -0.2) is 44.8 Å². The summed E-state index contributed by atoms with van der Waals surface area (Å²) in [7, 11) is 0. The molecular formula is C18H36O4. The van der Waals surface area contributed by atoms with Gasteiger partial charge in [0.25, 0.3) is 0 Å². The fourth-order valence-corrected chi connectivity index (χ4v) is 4.17. The van der Waals surface area contributed by atoms with Crippen LogP contribution in [0.1, 0.15) is 78.1 Å². The minimum Gasteiger partial charge on any atom is -0.394 e.